The molecule has 4 amide bonds. The van der Waals surface area contributed by atoms with Crippen LogP contribution in [-0.4, -0.2) is 98.7 Å². The first kappa shape index (κ1) is 46.7. The van der Waals surface area contributed by atoms with Crippen molar-refractivity contribution in [2.75, 3.05) is 48.8 Å². The fourth-order valence-corrected chi connectivity index (χ4v) is 12.0. The van der Waals surface area contributed by atoms with Gasteiger partial charge in [0.2, 0.25) is 17.7 Å². The number of aromatic carboxylic acids is 1. The van der Waals surface area contributed by atoms with Crippen molar-refractivity contribution in [1.82, 2.24) is 30.0 Å². The van der Waals surface area contributed by atoms with Crippen molar-refractivity contribution < 1.29 is 38.6 Å². The van der Waals surface area contributed by atoms with E-state index in [0.717, 1.165) is 76.6 Å². The zero-order valence-corrected chi connectivity index (χ0v) is 40.9. The number of pyridine rings is 1. The number of imide groups is 1. The number of methoxy groups -OCH3 is 1. The highest BCUT2D eigenvalue weighted by molar-refractivity contribution is 7.22. The molecule has 6 heterocycles. The highest BCUT2D eigenvalue weighted by Gasteiger charge is 2.47. The number of hydrogen-bond acceptors (Lipinski definition) is 13. The Morgan fingerprint density at radius 2 is 1.71 bits per heavy atom. The number of piperidine rings is 2. The van der Waals surface area contributed by atoms with E-state index in [1.165, 1.54) is 18.4 Å². The second-order valence-corrected chi connectivity index (χ2v) is 20.4. The average molecular weight is 988 g/mol. The quantitative estimate of drug-likeness (QED) is 0.0861. The van der Waals surface area contributed by atoms with Gasteiger partial charge < -0.3 is 24.8 Å². The van der Waals surface area contributed by atoms with Gasteiger partial charge >= 0.3 is 5.97 Å². The largest absolute Gasteiger partial charge is 0.492 e. The smallest absolute Gasteiger partial charge is 0.355 e. The molecule has 0 bridgehead atoms. The minimum atomic E-state index is -1.14. The van der Waals surface area contributed by atoms with E-state index in [9.17, 15) is 29.1 Å². The van der Waals surface area contributed by atoms with Crippen molar-refractivity contribution in [2.45, 2.75) is 70.4 Å². The average Bonchev–Trinajstić information content (AvgIpc) is 3.93. The number of ether oxygens (including phenoxy) is 2. The SMILES string of the molecule is COc1c(NC(=O)CN2CCC3(CC2)CC(Oc2cccc(-c4ccc(N5CCc6cccc(C(=O)Nc7nc8ccccc8s7)c6C5)nc4C(=O)O)c2C)C3)ccc2c(C3CCC(=O)NC3=O)nn(C)c12. The van der Waals surface area contributed by atoms with Gasteiger partial charge in [-0.2, -0.15) is 5.10 Å². The highest BCUT2D eigenvalue weighted by Crippen LogP contribution is 2.51. The van der Waals surface area contributed by atoms with E-state index in [0.29, 0.717) is 76.4 Å². The third-order valence-electron chi connectivity index (χ3n) is 14.9. The van der Waals surface area contributed by atoms with Gasteiger partial charge in [0.05, 0.1) is 47.3 Å². The molecule has 11 rings (SSSR count). The number of rotatable bonds is 12. The van der Waals surface area contributed by atoms with Gasteiger partial charge in [-0.05, 0) is 135 Å². The molecule has 4 aliphatic rings. The molecule has 1 atom stereocenters. The van der Waals surface area contributed by atoms with Gasteiger partial charge in [0.1, 0.15) is 17.1 Å². The third kappa shape index (κ3) is 8.78. The summed E-state index contributed by atoms with van der Waals surface area (Å²) in [5, 5.41) is 24.9. The molecule has 4 N–H and O–H groups in total. The number of para-hydroxylation sites is 1. The third-order valence-corrected chi connectivity index (χ3v) is 15.9. The molecule has 1 aliphatic carbocycles. The van der Waals surface area contributed by atoms with E-state index in [1.54, 1.807) is 17.8 Å². The number of nitrogens with one attached hydrogen (secondary N) is 3. The number of anilines is 3. The maximum Gasteiger partial charge on any atom is 0.355 e. The first-order valence-electron chi connectivity index (χ1n) is 24.3. The summed E-state index contributed by atoms with van der Waals surface area (Å²) in [4.78, 5) is 78.0. The second kappa shape index (κ2) is 18.8. The highest BCUT2D eigenvalue weighted by atomic mass is 32.1. The van der Waals surface area contributed by atoms with Crippen molar-refractivity contribution in [2.24, 2.45) is 12.5 Å². The second-order valence-electron chi connectivity index (χ2n) is 19.4. The van der Waals surface area contributed by atoms with Gasteiger partial charge in [0, 0.05) is 43.1 Å². The number of carboxylic acids is 1. The molecule has 4 aromatic carbocycles. The molecule has 368 valence electrons. The topological polar surface area (TPSA) is 210 Å². The summed E-state index contributed by atoms with van der Waals surface area (Å²) in [5.74, 6) is -1.08. The summed E-state index contributed by atoms with van der Waals surface area (Å²) in [6.07, 6.45) is 4.95. The molecule has 72 heavy (non-hydrogen) atoms. The summed E-state index contributed by atoms with van der Waals surface area (Å²) in [6.45, 7) is 4.72. The molecule has 7 aromatic rings. The zero-order chi connectivity index (χ0) is 49.8. The van der Waals surface area contributed by atoms with Gasteiger partial charge in [-0.3, -0.25) is 39.4 Å². The number of carbonyl (C=O) groups excluding carboxylic acids is 4. The molecule has 0 radical (unpaired) electrons. The predicted octanol–water partition coefficient (Wildman–Crippen LogP) is 7.86. The first-order chi connectivity index (χ1) is 34.8. The fraction of sp³-hybridized carbons (Fsp3) is 0.333. The van der Waals surface area contributed by atoms with E-state index >= 15 is 0 Å². The number of fused-ring (bicyclic) bond motifs is 3. The lowest BCUT2D eigenvalue weighted by atomic mass is 9.61. The summed E-state index contributed by atoms with van der Waals surface area (Å²) < 4.78 is 15.1. The number of likely N-dealkylation sites (tertiary alicyclic amines) is 1. The number of carboxylic acid groups (broad SMARTS) is 1. The Kier molecular flexibility index (Phi) is 12.2. The van der Waals surface area contributed by atoms with Crippen LogP contribution < -0.4 is 30.3 Å². The maximum atomic E-state index is 13.7. The van der Waals surface area contributed by atoms with Gasteiger partial charge in [-0.25, -0.2) is 14.8 Å². The first-order valence-corrected chi connectivity index (χ1v) is 25.1. The van der Waals surface area contributed by atoms with Crippen LogP contribution in [0.25, 0.3) is 32.2 Å². The van der Waals surface area contributed by atoms with E-state index in [1.807, 2.05) is 90.7 Å². The van der Waals surface area contributed by atoms with E-state index in [2.05, 4.69) is 30.9 Å². The standard InChI is InChI=1S/C54H53N9O8S/c1-30-33(34-15-18-43(57-47(34)52(68)69)63-23-20-31-8-6-10-35(38(31)28-63)50(66)59-53-56-39-11-4-5-13-42(39)72-53)9-7-12-41(30)71-32-26-54(27-32)21-24-62(25-22-54)29-45(65)55-40-17-14-36-46(37-16-19-44(64)58-51(37)67)60-61(2)48(36)49(40)70-3/h4-15,17-18,32,37H,16,19-29H2,1-3H3,(H,55,65)(H,68,69)(H,56,59,66)(H,58,64,67). The normalized spacial score (nSPS) is 17.9. The Morgan fingerprint density at radius 3 is 2.49 bits per heavy atom. The molecule has 1 saturated carbocycles. The van der Waals surface area contributed by atoms with Crippen LogP contribution in [0, 0.1) is 12.3 Å². The molecule has 3 fully saturated rings. The van der Waals surface area contributed by atoms with Gasteiger partial charge in [0.15, 0.2) is 16.6 Å². The van der Waals surface area contributed by atoms with Crippen molar-refractivity contribution in [3.63, 3.8) is 0 Å². The molecule has 3 aromatic heterocycles. The Labute approximate surface area is 418 Å². The number of thiazole rings is 1. The maximum absolute atomic E-state index is 13.7. The van der Waals surface area contributed by atoms with Crippen LogP contribution in [0.2, 0.25) is 0 Å². The Bertz CT molecular complexity index is 3320. The molecular formula is C54H53N9O8S. The number of amides is 4. The lowest BCUT2D eigenvalue weighted by Gasteiger charge is -2.51. The van der Waals surface area contributed by atoms with E-state index < -0.39 is 11.9 Å². The van der Waals surface area contributed by atoms with Crippen molar-refractivity contribution in [1.29, 1.82) is 0 Å². The van der Waals surface area contributed by atoms with Crippen LogP contribution in [0.4, 0.5) is 16.6 Å². The van der Waals surface area contributed by atoms with Gasteiger partial charge in [0.25, 0.3) is 5.91 Å². The van der Waals surface area contributed by atoms with Crippen LogP contribution in [0.3, 0.4) is 0 Å². The summed E-state index contributed by atoms with van der Waals surface area (Å²) in [7, 11) is 3.30. The van der Waals surface area contributed by atoms with Crippen LogP contribution in [-0.2, 0) is 34.4 Å². The predicted molar refractivity (Wildman–Crippen MR) is 273 cm³/mol. The molecule has 17 nitrogen and oxygen atoms in total. The molecule has 3 aliphatic heterocycles. The zero-order valence-electron chi connectivity index (χ0n) is 40.1. The van der Waals surface area contributed by atoms with E-state index in [-0.39, 0.29) is 53.8 Å². The van der Waals surface area contributed by atoms with Crippen molar-refractivity contribution in [3.8, 4) is 22.6 Å². The minimum Gasteiger partial charge on any atom is -0.492 e. The number of carbonyl (C=O) groups is 5. The Morgan fingerprint density at radius 1 is 0.903 bits per heavy atom. The summed E-state index contributed by atoms with van der Waals surface area (Å²) in [6, 6.07) is 26.5. The Balaban J connectivity index is 0.706. The number of aryl methyl sites for hydroxylation is 1. The lowest BCUT2D eigenvalue weighted by molar-refractivity contribution is -0.134. The number of benzene rings is 4. The minimum absolute atomic E-state index is 0.00768. The molecule has 1 spiro atoms. The summed E-state index contributed by atoms with van der Waals surface area (Å²) in [5.41, 5.74) is 7.19. The number of aromatic nitrogens is 4. The molecule has 1 unspecified atom stereocenters. The number of nitrogens with zero attached hydrogens (tertiary/aromatic N) is 6. The van der Waals surface area contributed by atoms with Gasteiger partial charge in [-0.1, -0.05) is 47.7 Å². The molecule has 18 heteroatoms. The number of hydrogen-bond donors (Lipinski definition) is 4. The van der Waals surface area contributed by atoms with Crippen molar-refractivity contribution in [3.05, 3.63) is 119 Å². The van der Waals surface area contributed by atoms with Crippen LogP contribution in [0.1, 0.15) is 87.7 Å². The van der Waals surface area contributed by atoms with E-state index in [4.69, 9.17) is 14.5 Å². The fourth-order valence-electron chi connectivity index (χ4n) is 11.2. The van der Waals surface area contributed by atoms with Crippen LogP contribution in [0.5, 0.6) is 11.5 Å². The van der Waals surface area contributed by atoms with Crippen molar-refractivity contribution >= 4 is 78.7 Å². The van der Waals surface area contributed by atoms with Crippen LogP contribution >= 0.6 is 11.3 Å². The lowest BCUT2D eigenvalue weighted by Crippen LogP contribution is -2.51. The summed E-state index contributed by atoms with van der Waals surface area (Å²) >= 11 is 1.42. The monoisotopic (exact) mass is 987 g/mol. The molecule has 2 saturated heterocycles. The molecular weight excluding hydrogens is 935 g/mol. The van der Waals surface area contributed by atoms with Crippen LogP contribution in [0.15, 0.2) is 84.9 Å². The Hall–Kier alpha value is -7.70. The van der Waals surface area contributed by atoms with Gasteiger partial charge in [-0.15, -0.1) is 0 Å².